The fourth-order valence-corrected chi connectivity index (χ4v) is 3.84. The van der Waals surface area contributed by atoms with E-state index in [1.54, 1.807) is 0 Å². The average molecular weight is 386 g/mol. The zero-order chi connectivity index (χ0) is 18.7. The average Bonchev–Trinajstić information content (AvgIpc) is 3.04. The van der Waals surface area contributed by atoms with Crippen molar-refractivity contribution in [1.82, 2.24) is 14.8 Å². The van der Waals surface area contributed by atoms with Gasteiger partial charge in [-0.2, -0.15) is 0 Å². The van der Waals surface area contributed by atoms with E-state index >= 15 is 0 Å². The number of thioether (sulfide) groups is 1. The van der Waals surface area contributed by atoms with Gasteiger partial charge in [-0.15, -0.1) is 10.2 Å². The molecular formula is C20H20ClN3OS. The molecule has 1 aromatic heterocycles. The van der Waals surface area contributed by atoms with Crippen molar-refractivity contribution in [3.05, 3.63) is 64.2 Å². The van der Waals surface area contributed by atoms with Crippen LogP contribution in [0, 0.1) is 13.8 Å². The van der Waals surface area contributed by atoms with Crippen LogP contribution in [0.15, 0.2) is 47.6 Å². The molecule has 0 spiro atoms. The minimum absolute atomic E-state index is 0.103. The lowest BCUT2D eigenvalue weighted by molar-refractivity contribution is 0.102. The van der Waals surface area contributed by atoms with Gasteiger partial charge in [0.1, 0.15) is 0 Å². The highest BCUT2D eigenvalue weighted by atomic mass is 35.5. The van der Waals surface area contributed by atoms with E-state index in [4.69, 9.17) is 11.6 Å². The lowest BCUT2D eigenvalue weighted by atomic mass is 10.0. The van der Waals surface area contributed by atoms with Crippen LogP contribution >= 0.6 is 23.4 Å². The normalized spacial score (nSPS) is 10.9. The first-order valence-electron chi connectivity index (χ1n) is 8.42. The molecule has 0 radical (unpaired) electrons. The second-order valence-electron chi connectivity index (χ2n) is 6.09. The Morgan fingerprint density at radius 2 is 1.96 bits per heavy atom. The Morgan fingerprint density at radius 1 is 1.15 bits per heavy atom. The Balaban J connectivity index is 1.80. The van der Waals surface area contributed by atoms with Gasteiger partial charge in [0.05, 0.1) is 5.75 Å². The molecule has 0 N–H and O–H groups in total. The van der Waals surface area contributed by atoms with Crippen molar-refractivity contribution >= 4 is 29.1 Å². The first-order valence-corrected chi connectivity index (χ1v) is 9.78. The number of nitrogens with zero attached hydrogens (tertiary/aromatic N) is 3. The zero-order valence-electron chi connectivity index (χ0n) is 15.0. The van der Waals surface area contributed by atoms with Crippen LogP contribution in [-0.4, -0.2) is 26.3 Å². The van der Waals surface area contributed by atoms with Crippen molar-refractivity contribution < 1.29 is 4.79 Å². The van der Waals surface area contributed by atoms with Gasteiger partial charge in [-0.3, -0.25) is 4.79 Å². The van der Waals surface area contributed by atoms with Crippen LogP contribution in [0.5, 0.6) is 0 Å². The summed E-state index contributed by atoms with van der Waals surface area (Å²) in [5, 5.41) is 9.98. The number of ketones is 1. The van der Waals surface area contributed by atoms with Crippen LogP contribution in [0.1, 0.15) is 28.4 Å². The van der Waals surface area contributed by atoms with Gasteiger partial charge in [-0.05, 0) is 44.5 Å². The standard InChI is InChI=1S/C20H20ClN3OS/c1-4-24-19(15-6-5-7-16(21)11-15)22-23-20(24)26-12-18(25)17-10-13(2)8-9-14(17)3/h5-11H,4,12H2,1-3H3. The Labute approximate surface area is 162 Å². The largest absolute Gasteiger partial charge is 0.302 e. The summed E-state index contributed by atoms with van der Waals surface area (Å²) in [5.74, 6) is 1.20. The number of aryl methyl sites for hydroxylation is 2. The summed E-state index contributed by atoms with van der Waals surface area (Å²) >= 11 is 7.50. The number of rotatable bonds is 6. The van der Waals surface area contributed by atoms with Crippen LogP contribution in [0.25, 0.3) is 11.4 Å². The van der Waals surface area contributed by atoms with E-state index in [2.05, 4.69) is 10.2 Å². The monoisotopic (exact) mass is 385 g/mol. The summed E-state index contributed by atoms with van der Waals surface area (Å²) in [5.41, 5.74) is 3.77. The molecule has 3 aromatic rings. The van der Waals surface area contributed by atoms with Crippen molar-refractivity contribution in [3.8, 4) is 11.4 Å². The molecule has 0 unspecified atom stereocenters. The number of carbonyl (C=O) groups is 1. The number of benzene rings is 2. The van der Waals surface area contributed by atoms with E-state index in [9.17, 15) is 4.79 Å². The van der Waals surface area contributed by atoms with Crippen molar-refractivity contribution in [2.24, 2.45) is 0 Å². The molecule has 0 bridgehead atoms. The van der Waals surface area contributed by atoms with E-state index < -0.39 is 0 Å². The van der Waals surface area contributed by atoms with Crippen molar-refractivity contribution in [1.29, 1.82) is 0 Å². The maximum absolute atomic E-state index is 12.6. The third-order valence-electron chi connectivity index (χ3n) is 4.14. The van der Waals surface area contributed by atoms with Crippen LogP contribution in [0.4, 0.5) is 0 Å². The molecule has 4 nitrogen and oxygen atoms in total. The van der Waals surface area contributed by atoms with Crippen molar-refractivity contribution in [3.63, 3.8) is 0 Å². The maximum atomic E-state index is 12.6. The summed E-state index contributed by atoms with van der Waals surface area (Å²) in [7, 11) is 0. The van der Waals surface area contributed by atoms with E-state index in [1.807, 2.05) is 67.8 Å². The van der Waals surface area contributed by atoms with E-state index in [0.29, 0.717) is 10.8 Å². The zero-order valence-corrected chi connectivity index (χ0v) is 16.6. The first kappa shape index (κ1) is 18.7. The molecule has 0 saturated carbocycles. The predicted octanol–water partition coefficient (Wildman–Crippen LogP) is 5.21. The number of halogens is 1. The highest BCUT2D eigenvalue weighted by Gasteiger charge is 2.16. The van der Waals surface area contributed by atoms with E-state index in [1.165, 1.54) is 11.8 Å². The fourth-order valence-electron chi connectivity index (χ4n) is 2.77. The molecule has 26 heavy (non-hydrogen) atoms. The molecule has 134 valence electrons. The predicted molar refractivity (Wildman–Crippen MR) is 107 cm³/mol. The molecule has 6 heteroatoms. The number of aromatic nitrogens is 3. The molecule has 1 heterocycles. The molecule has 0 aliphatic rings. The highest BCUT2D eigenvalue weighted by molar-refractivity contribution is 7.99. The summed E-state index contributed by atoms with van der Waals surface area (Å²) in [4.78, 5) is 12.6. The van der Waals surface area contributed by atoms with Crippen LogP contribution in [0.3, 0.4) is 0 Å². The molecular weight excluding hydrogens is 366 g/mol. The number of hydrogen-bond acceptors (Lipinski definition) is 4. The minimum atomic E-state index is 0.103. The quantitative estimate of drug-likeness (QED) is 0.431. The summed E-state index contributed by atoms with van der Waals surface area (Å²) in [6.07, 6.45) is 0. The van der Waals surface area contributed by atoms with Gasteiger partial charge in [0.2, 0.25) is 0 Å². The van der Waals surface area contributed by atoms with Gasteiger partial charge in [0, 0.05) is 22.7 Å². The summed E-state index contributed by atoms with van der Waals surface area (Å²) in [6, 6.07) is 13.5. The second-order valence-corrected chi connectivity index (χ2v) is 7.47. The molecule has 0 saturated heterocycles. The van der Waals surface area contributed by atoms with Gasteiger partial charge in [0.25, 0.3) is 0 Å². The topological polar surface area (TPSA) is 47.8 Å². The van der Waals surface area contributed by atoms with Gasteiger partial charge in [-0.1, -0.05) is 53.2 Å². The highest BCUT2D eigenvalue weighted by Crippen LogP contribution is 2.26. The number of hydrogen-bond donors (Lipinski definition) is 0. The Morgan fingerprint density at radius 3 is 2.69 bits per heavy atom. The van der Waals surface area contributed by atoms with Gasteiger partial charge in [0.15, 0.2) is 16.8 Å². The van der Waals surface area contributed by atoms with Crippen LogP contribution in [-0.2, 0) is 6.54 Å². The summed E-state index contributed by atoms with van der Waals surface area (Å²) in [6.45, 7) is 6.71. The lowest BCUT2D eigenvalue weighted by Crippen LogP contribution is -2.07. The van der Waals surface area contributed by atoms with Gasteiger partial charge >= 0.3 is 0 Å². The van der Waals surface area contributed by atoms with Gasteiger partial charge < -0.3 is 4.57 Å². The molecule has 0 aliphatic carbocycles. The molecule has 0 aliphatic heterocycles. The maximum Gasteiger partial charge on any atom is 0.191 e. The number of Topliss-reactive ketones (excluding diaryl/α,β-unsaturated/α-hetero) is 1. The summed E-state index contributed by atoms with van der Waals surface area (Å²) < 4.78 is 2.01. The lowest BCUT2D eigenvalue weighted by Gasteiger charge is -2.08. The molecule has 0 amide bonds. The molecule has 3 rings (SSSR count). The van der Waals surface area contributed by atoms with Crippen molar-refractivity contribution in [2.75, 3.05) is 5.75 Å². The molecule has 2 aromatic carbocycles. The van der Waals surface area contributed by atoms with Crippen LogP contribution in [0.2, 0.25) is 5.02 Å². The van der Waals surface area contributed by atoms with E-state index in [-0.39, 0.29) is 5.78 Å². The first-order chi connectivity index (χ1) is 12.5. The second kappa shape index (κ2) is 8.06. The number of carbonyl (C=O) groups excluding carboxylic acids is 1. The molecule has 0 fully saturated rings. The Bertz CT molecular complexity index is 952. The third-order valence-corrected chi connectivity index (χ3v) is 5.34. The Kier molecular flexibility index (Phi) is 5.79. The minimum Gasteiger partial charge on any atom is -0.302 e. The van der Waals surface area contributed by atoms with E-state index in [0.717, 1.165) is 39.8 Å². The smallest absolute Gasteiger partial charge is 0.191 e. The van der Waals surface area contributed by atoms with Gasteiger partial charge in [-0.25, -0.2) is 0 Å². The SMILES string of the molecule is CCn1c(SCC(=O)c2cc(C)ccc2C)nnc1-c1cccc(Cl)c1. The van der Waals surface area contributed by atoms with Crippen molar-refractivity contribution in [2.45, 2.75) is 32.5 Å². The fraction of sp³-hybridized carbons (Fsp3) is 0.250. The van der Waals surface area contributed by atoms with Crippen LogP contribution < -0.4 is 0 Å². The molecule has 0 atom stereocenters. The third kappa shape index (κ3) is 4.00. The Hall–Kier alpha value is -2.11.